The Bertz CT molecular complexity index is 618. The molecule has 1 heterocycles. The molecule has 0 radical (unpaired) electrons. The zero-order valence-corrected chi connectivity index (χ0v) is 14.0. The van der Waals surface area contributed by atoms with Gasteiger partial charge in [-0.3, -0.25) is 10.1 Å². The number of rotatable bonds is 5. The fourth-order valence-electron chi connectivity index (χ4n) is 2.57. The Balaban J connectivity index is 2.30. The van der Waals surface area contributed by atoms with Gasteiger partial charge in [-0.2, -0.15) is 4.31 Å². The van der Waals surface area contributed by atoms with E-state index >= 15 is 0 Å². The lowest BCUT2D eigenvalue weighted by Crippen LogP contribution is -2.40. The Morgan fingerprint density at radius 3 is 2.57 bits per heavy atom. The van der Waals surface area contributed by atoms with E-state index in [-0.39, 0.29) is 21.5 Å². The summed E-state index contributed by atoms with van der Waals surface area (Å²) in [6.07, 6.45) is 2.51. The van der Waals surface area contributed by atoms with E-state index < -0.39 is 14.9 Å². The van der Waals surface area contributed by atoms with Gasteiger partial charge in [0.15, 0.2) is 0 Å². The Kier molecular flexibility index (Phi) is 5.00. The van der Waals surface area contributed by atoms with Crippen LogP contribution < -0.4 is 0 Å². The maximum absolute atomic E-state index is 12.7. The summed E-state index contributed by atoms with van der Waals surface area (Å²) in [4.78, 5) is 10.3. The quantitative estimate of drug-likeness (QED) is 0.449. The number of alkyl halides is 1. The molecule has 21 heavy (non-hydrogen) atoms. The Hall–Kier alpha value is -0.990. The fraction of sp³-hybridized carbons (Fsp3) is 0.538. The van der Waals surface area contributed by atoms with E-state index in [1.54, 1.807) is 0 Å². The Labute approximate surface area is 132 Å². The summed E-state index contributed by atoms with van der Waals surface area (Å²) in [6, 6.07) is 5.00. The van der Waals surface area contributed by atoms with Crippen molar-refractivity contribution in [2.45, 2.75) is 42.0 Å². The SMILES string of the molecule is CC[C@@H](Br)C1CCCN1S(=O)(=O)c1ccc([N+](=O)[O-])cc1. The second-order valence-electron chi connectivity index (χ2n) is 5.00. The molecule has 0 spiro atoms. The Morgan fingerprint density at radius 2 is 2.05 bits per heavy atom. The third-order valence-electron chi connectivity index (χ3n) is 3.71. The first kappa shape index (κ1) is 16.4. The van der Waals surface area contributed by atoms with Gasteiger partial charge in [0.05, 0.1) is 9.82 Å². The number of hydrogen-bond acceptors (Lipinski definition) is 4. The summed E-state index contributed by atoms with van der Waals surface area (Å²) in [6.45, 7) is 2.50. The number of hydrogen-bond donors (Lipinski definition) is 0. The molecule has 1 fully saturated rings. The summed E-state index contributed by atoms with van der Waals surface area (Å²) < 4.78 is 26.9. The molecule has 1 aromatic rings. The van der Waals surface area contributed by atoms with Gasteiger partial charge < -0.3 is 0 Å². The first-order chi connectivity index (χ1) is 9.87. The lowest BCUT2D eigenvalue weighted by Gasteiger charge is -2.27. The lowest BCUT2D eigenvalue weighted by atomic mass is 10.1. The topological polar surface area (TPSA) is 80.5 Å². The first-order valence-corrected chi connectivity index (χ1v) is 9.14. The molecule has 1 aliphatic rings. The highest BCUT2D eigenvalue weighted by Crippen LogP contribution is 2.32. The van der Waals surface area contributed by atoms with Crippen LogP contribution in [0.1, 0.15) is 26.2 Å². The molecule has 0 saturated carbocycles. The molecule has 0 bridgehead atoms. The van der Waals surface area contributed by atoms with Crippen LogP contribution in [0.25, 0.3) is 0 Å². The maximum Gasteiger partial charge on any atom is 0.269 e. The van der Waals surface area contributed by atoms with Crippen LogP contribution in [0, 0.1) is 10.1 Å². The number of benzene rings is 1. The number of nitrogens with zero attached hydrogens (tertiary/aromatic N) is 2. The molecule has 1 saturated heterocycles. The second-order valence-corrected chi connectivity index (χ2v) is 8.07. The summed E-state index contributed by atoms with van der Waals surface area (Å²) in [5, 5.41) is 10.6. The highest BCUT2D eigenvalue weighted by atomic mass is 79.9. The van der Waals surface area contributed by atoms with E-state index in [9.17, 15) is 18.5 Å². The average molecular weight is 377 g/mol. The molecule has 1 aliphatic heterocycles. The van der Waals surface area contributed by atoms with Crippen LogP contribution in [-0.4, -0.2) is 35.1 Å². The largest absolute Gasteiger partial charge is 0.269 e. The molecule has 1 aromatic carbocycles. The van der Waals surface area contributed by atoms with E-state index in [1.165, 1.54) is 28.6 Å². The highest BCUT2D eigenvalue weighted by molar-refractivity contribution is 9.09. The number of nitro groups is 1. The molecule has 8 heteroatoms. The number of halogens is 1. The van der Waals surface area contributed by atoms with Crippen molar-refractivity contribution >= 4 is 31.6 Å². The molecule has 0 aromatic heterocycles. The molecule has 2 rings (SSSR count). The number of non-ortho nitro benzene ring substituents is 1. The van der Waals surface area contributed by atoms with Gasteiger partial charge >= 0.3 is 0 Å². The lowest BCUT2D eigenvalue weighted by molar-refractivity contribution is -0.384. The fourth-order valence-corrected chi connectivity index (χ4v) is 5.01. The monoisotopic (exact) mass is 376 g/mol. The highest BCUT2D eigenvalue weighted by Gasteiger charge is 2.38. The minimum absolute atomic E-state index is 0.0600. The van der Waals surface area contributed by atoms with Crippen LogP contribution in [0.3, 0.4) is 0 Å². The smallest absolute Gasteiger partial charge is 0.258 e. The van der Waals surface area contributed by atoms with Crippen molar-refractivity contribution in [2.24, 2.45) is 0 Å². The van der Waals surface area contributed by atoms with Crippen LogP contribution in [0.4, 0.5) is 5.69 Å². The molecular formula is C13H17BrN2O4S. The van der Waals surface area contributed by atoms with Crippen molar-refractivity contribution in [3.8, 4) is 0 Å². The predicted molar refractivity (Wildman–Crippen MR) is 83.0 cm³/mol. The number of nitro benzene ring substituents is 1. The van der Waals surface area contributed by atoms with Crippen LogP contribution in [0.2, 0.25) is 0 Å². The molecule has 6 nitrogen and oxygen atoms in total. The summed E-state index contributed by atoms with van der Waals surface area (Å²) in [5.74, 6) is 0. The van der Waals surface area contributed by atoms with Crippen LogP contribution in [0.15, 0.2) is 29.2 Å². The van der Waals surface area contributed by atoms with Gasteiger partial charge in [-0.1, -0.05) is 22.9 Å². The van der Waals surface area contributed by atoms with E-state index in [0.29, 0.717) is 6.54 Å². The predicted octanol–water partition coefficient (Wildman–Crippen LogP) is 2.92. The van der Waals surface area contributed by atoms with Crippen molar-refractivity contribution in [3.63, 3.8) is 0 Å². The van der Waals surface area contributed by atoms with E-state index in [1.807, 2.05) is 6.92 Å². The van der Waals surface area contributed by atoms with Crippen molar-refractivity contribution in [2.75, 3.05) is 6.54 Å². The molecule has 1 unspecified atom stereocenters. The van der Waals surface area contributed by atoms with Crippen LogP contribution >= 0.6 is 15.9 Å². The van der Waals surface area contributed by atoms with E-state index in [0.717, 1.165) is 19.3 Å². The Morgan fingerprint density at radius 1 is 1.43 bits per heavy atom. The maximum atomic E-state index is 12.7. The average Bonchev–Trinajstić information content (AvgIpc) is 2.96. The molecule has 0 N–H and O–H groups in total. The van der Waals surface area contributed by atoms with Gasteiger partial charge in [0.2, 0.25) is 10.0 Å². The summed E-state index contributed by atoms with van der Waals surface area (Å²) in [7, 11) is -3.60. The van der Waals surface area contributed by atoms with Crippen molar-refractivity contribution in [1.82, 2.24) is 4.31 Å². The second kappa shape index (κ2) is 6.41. The van der Waals surface area contributed by atoms with E-state index in [2.05, 4.69) is 15.9 Å². The third kappa shape index (κ3) is 3.27. The minimum atomic E-state index is -3.60. The molecule has 2 atom stereocenters. The van der Waals surface area contributed by atoms with Gasteiger partial charge in [0.25, 0.3) is 5.69 Å². The zero-order chi connectivity index (χ0) is 15.6. The first-order valence-electron chi connectivity index (χ1n) is 6.78. The van der Waals surface area contributed by atoms with E-state index in [4.69, 9.17) is 0 Å². The third-order valence-corrected chi connectivity index (χ3v) is 6.91. The van der Waals surface area contributed by atoms with Gasteiger partial charge in [-0.25, -0.2) is 8.42 Å². The minimum Gasteiger partial charge on any atom is -0.258 e. The molecule has 116 valence electrons. The van der Waals surface area contributed by atoms with Crippen LogP contribution in [-0.2, 0) is 10.0 Å². The van der Waals surface area contributed by atoms with Crippen LogP contribution in [0.5, 0.6) is 0 Å². The normalized spacial score (nSPS) is 21.3. The molecule has 0 aliphatic carbocycles. The van der Waals surface area contributed by atoms with Gasteiger partial charge in [0, 0.05) is 29.5 Å². The molecular weight excluding hydrogens is 360 g/mol. The zero-order valence-electron chi connectivity index (χ0n) is 11.6. The van der Waals surface area contributed by atoms with Crippen molar-refractivity contribution < 1.29 is 13.3 Å². The molecule has 0 amide bonds. The number of sulfonamides is 1. The summed E-state index contributed by atoms with van der Waals surface area (Å²) >= 11 is 3.54. The van der Waals surface area contributed by atoms with Gasteiger partial charge in [0.1, 0.15) is 0 Å². The van der Waals surface area contributed by atoms with Gasteiger partial charge in [-0.15, -0.1) is 0 Å². The van der Waals surface area contributed by atoms with Gasteiger partial charge in [-0.05, 0) is 31.4 Å². The summed E-state index contributed by atoms with van der Waals surface area (Å²) in [5.41, 5.74) is -0.112. The van der Waals surface area contributed by atoms with Crippen molar-refractivity contribution in [1.29, 1.82) is 0 Å². The van der Waals surface area contributed by atoms with Crippen molar-refractivity contribution in [3.05, 3.63) is 34.4 Å². The standard InChI is InChI=1S/C13H17BrN2O4S/c1-2-12(14)13-4-3-9-15(13)21(19,20)11-7-5-10(6-8-11)16(17)18/h5-8,12-13H,2-4,9H2,1H3/t12-,13?/m1/s1.